The highest BCUT2D eigenvalue weighted by Crippen LogP contribution is 2.55. The molecule has 90 heavy (non-hydrogen) atoms. The first kappa shape index (κ1) is 85.3. The summed E-state index contributed by atoms with van der Waals surface area (Å²) in [5.41, 5.74) is -10.0. The third kappa shape index (κ3) is 33.6. The van der Waals surface area contributed by atoms with E-state index in [2.05, 4.69) is 41.5 Å². The van der Waals surface area contributed by atoms with Crippen molar-refractivity contribution in [2.75, 3.05) is 0 Å². The minimum absolute atomic E-state index is 0.198. The Bertz CT molecular complexity index is 1700. The van der Waals surface area contributed by atoms with Crippen LogP contribution in [0, 0.1) is 0 Å². The van der Waals surface area contributed by atoms with Gasteiger partial charge in [0.1, 0.15) is 18.3 Å². The van der Waals surface area contributed by atoms with Crippen LogP contribution in [0.15, 0.2) is 0 Å². The number of Topliss-reactive ketones (excluding diaryl/α,β-unsaturated/α-hetero) is 3. The van der Waals surface area contributed by atoms with Gasteiger partial charge in [-0.25, -0.2) is 0 Å². The lowest BCUT2D eigenvalue weighted by Crippen LogP contribution is -2.91. The molecule has 528 valence electrons. The van der Waals surface area contributed by atoms with E-state index in [1.54, 1.807) is 0 Å². The van der Waals surface area contributed by atoms with Crippen LogP contribution in [0.4, 0.5) is 0 Å². The van der Waals surface area contributed by atoms with Crippen LogP contribution in [-0.4, -0.2) is 85.7 Å². The van der Waals surface area contributed by atoms with Gasteiger partial charge < -0.3 is 29.5 Å². The number of esters is 3. The second kappa shape index (κ2) is 56.6. The fourth-order valence-corrected chi connectivity index (χ4v) is 13.8. The van der Waals surface area contributed by atoms with Gasteiger partial charge in [-0.1, -0.05) is 350 Å². The predicted molar refractivity (Wildman–Crippen MR) is 371 cm³/mol. The molecular formula is C78H144O12. The number of aliphatic hydroxyl groups is 3. The Hall–Kier alpha value is -2.70. The van der Waals surface area contributed by atoms with Gasteiger partial charge in [-0.2, -0.15) is 0 Å². The van der Waals surface area contributed by atoms with Gasteiger partial charge in [0.05, 0.1) is 0 Å². The van der Waals surface area contributed by atoms with E-state index in [1.807, 2.05) is 0 Å². The highest BCUT2D eigenvalue weighted by molar-refractivity contribution is 6.10. The maximum Gasteiger partial charge on any atom is 0.307 e. The largest absolute Gasteiger partial charge is 0.443 e. The molecule has 1 aliphatic rings. The van der Waals surface area contributed by atoms with Gasteiger partial charge in [0.15, 0.2) is 17.3 Å². The third-order valence-electron chi connectivity index (χ3n) is 19.5. The van der Waals surface area contributed by atoms with E-state index in [1.165, 1.54) is 44.9 Å². The summed E-state index contributed by atoms with van der Waals surface area (Å²) in [5.74, 6) is -6.08. The molecule has 0 heterocycles. The summed E-state index contributed by atoms with van der Waals surface area (Å²) in [5, 5.41) is 38.9. The molecule has 0 aromatic carbocycles. The number of hydrogen-bond acceptors (Lipinski definition) is 12. The summed E-state index contributed by atoms with van der Waals surface area (Å²) in [6, 6.07) is 0. The van der Waals surface area contributed by atoms with Crippen molar-refractivity contribution in [1.82, 2.24) is 0 Å². The Labute approximate surface area is 553 Å². The molecule has 12 heteroatoms. The van der Waals surface area contributed by atoms with Crippen molar-refractivity contribution in [2.45, 2.75) is 462 Å². The molecule has 0 saturated heterocycles. The molecular weight excluding hydrogens is 1130 g/mol. The molecule has 0 spiro atoms. The van der Waals surface area contributed by atoms with E-state index in [-0.39, 0.29) is 38.5 Å². The molecule has 0 aromatic rings. The molecule has 3 N–H and O–H groups in total. The highest BCUT2D eigenvalue weighted by atomic mass is 16.7. The second-order valence-electron chi connectivity index (χ2n) is 27.7. The van der Waals surface area contributed by atoms with Crippen molar-refractivity contribution in [3.63, 3.8) is 0 Å². The van der Waals surface area contributed by atoms with Crippen molar-refractivity contribution >= 4 is 35.3 Å². The minimum Gasteiger partial charge on any atom is -0.443 e. The molecule has 1 saturated carbocycles. The Morgan fingerprint density at radius 2 is 0.400 bits per heavy atom. The number of carbonyl (C=O) groups excluding carboxylic acids is 6. The molecule has 0 bridgehead atoms. The SMILES string of the molecule is CCCCCCCCCCCC(=O)OC1(C(=O)CCCCCCCCCCC)[C@@](OC(=O)CCCCCCCCCCC)(C(=O)CCCCCCCCCCC)[C@@H](O)C(O)[C@@H](O)[C@@]1(OC(=O)CCCCCCCCCCC)C(=O)CCCCCCCCCCC. The number of unbranched alkanes of at least 4 members (excludes halogenated alkanes) is 48. The van der Waals surface area contributed by atoms with E-state index < -0.39 is 89.6 Å². The lowest BCUT2D eigenvalue weighted by atomic mass is 9.53. The quantitative estimate of drug-likeness (QED) is 0.0297. The van der Waals surface area contributed by atoms with Gasteiger partial charge in [-0.05, 0) is 38.5 Å². The Morgan fingerprint density at radius 1 is 0.233 bits per heavy atom. The maximum absolute atomic E-state index is 16.6. The second-order valence-corrected chi connectivity index (χ2v) is 27.7. The van der Waals surface area contributed by atoms with Gasteiger partial charge in [0.2, 0.25) is 11.2 Å². The summed E-state index contributed by atoms with van der Waals surface area (Å²) in [4.78, 5) is 94.5. The van der Waals surface area contributed by atoms with E-state index in [9.17, 15) is 15.3 Å². The van der Waals surface area contributed by atoms with Gasteiger partial charge in [0, 0.05) is 38.5 Å². The summed E-state index contributed by atoms with van der Waals surface area (Å²) in [6.45, 7) is 13.1. The topological polar surface area (TPSA) is 191 Å². The Kier molecular flexibility index (Phi) is 53.7. The molecule has 6 atom stereocenters. The molecule has 1 rings (SSSR count). The summed E-state index contributed by atoms with van der Waals surface area (Å²) < 4.78 is 20.0. The van der Waals surface area contributed by atoms with Gasteiger partial charge in [-0.15, -0.1) is 0 Å². The lowest BCUT2D eigenvalue weighted by molar-refractivity contribution is -0.324. The number of aliphatic hydroxyl groups excluding tert-OH is 3. The number of ketones is 3. The number of hydrogen-bond donors (Lipinski definition) is 3. The van der Waals surface area contributed by atoms with Crippen LogP contribution in [0.3, 0.4) is 0 Å². The van der Waals surface area contributed by atoms with Crippen molar-refractivity contribution in [2.24, 2.45) is 0 Å². The number of ether oxygens (including phenoxy) is 3. The zero-order valence-electron chi connectivity index (χ0n) is 59.7. The maximum atomic E-state index is 16.6. The van der Waals surface area contributed by atoms with Crippen LogP contribution in [0.25, 0.3) is 0 Å². The molecule has 1 aliphatic carbocycles. The minimum atomic E-state index is -3.43. The van der Waals surface area contributed by atoms with Crippen LogP contribution in [0.5, 0.6) is 0 Å². The van der Waals surface area contributed by atoms with E-state index >= 15 is 28.8 Å². The van der Waals surface area contributed by atoms with Crippen molar-refractivity contribution < 1.29 is 58.3 Å². The average Bonchev–Trinajstić information content (AvgIpc) is 0.670. The zero-order chi connectivity index (χ0) is 66.2. The van der Waals surface area contributed by atoms with Gasteiger partial charge in [0.25, 0.3) is 5.60 Å². The fourth-order valence-electron chi connectivity index (χ4n) is 13.8. The van der Waals surface area contributed by atoms with Crippen LogP contribution in [-0.2, 0) is 43.0 Å². The average molecular weight is 1270 g/mol. The third-order valence-corrected chi connectivity index (χ3v) is 19.5. The summed E-state index contributed by atoms with van der Waals surface area (Å²) in [6.07, 6.45) is 39.9. The van der Waals surface area contributed by atoms with E-state index in [0.717, 1.165) is 225 Å². The summed E-state index contributed by atoms with van der Waals surface area (Å²) in [7, 11) is 0. The highest BCUT2D eigenvalue weighted by Gasteiger charge is 2.87. The van der Waals surface area contributed by atoms with E-state index in [4.69, 9.17) is 14.2 Å². The molecule has 0 aromatic heterocycles. The van der Waals surface area contributed by atoms with Crippen LogP contribution < -0.4 is 0 Å². The van der Waals surface area contributed by atoms with Crippen LogP contribution in [0.1, 0.15) is 427 Å². The predicted octanol–water partition coefficient (Wildman–Crippen LogP) is 21.2. The Morgan fingerprint density at radius 3 is 0.611 bits per heavy atom. The smallest absolute Gasteiger partial charge is 0.307 e. The van der Waals surface area contributed by atoms with Gasteiger partial charge in [-0.3, -0.25) is 28.8 Å². The first-order valence-corrected chi connectivity index (χ1v) is 39.1. The molecule has 1 fully saturated rings. The number of rotatable bonds is 66. The monoisotopic (exact) mass is 1270 g/mol. The van der Waals surface area contributed by atoms with Crippen LogP contribution >= 0.6 is 0 Å². The van der Waals surface area contributed by atoms with Gasteiger partial charge >= 0.3 is 17.9 Å². The normalized spacial score (nSPS) is 19.9. The van der Waals surface area contributed by atoms with Crippen molar-refractivity contribution in [3.8, 4) is 0 Å². The molecule has 0 radical (unpaired) electrons. The Balaban J connectivity index is 4.39. The molecule has 12 nitrogen and oxygen atoms in total. The standard InChI is InChI=1S/C78H144O12/c1-7-13-19-25-31-37-43-49-55-61-67(79)76(88-70(82)64-58-52-46-40-34-28-22-16-10-4)74(86)73(85)75(87)77(68(80)62-56-50-44-38-32-26-20-14-8-2,89-71(83)65-59-53-47-41-35-29-23-17-11-5)78(76,69(81)63-57-51-45-39-33-27-21-15-9-3)90-72(84)66-60-54-48-42-36-30-24-18-12-6/h73-75,85-87H,7-66H2,1-6H3/t73?,74-,75+,76+,77-,78?. The first-order valence-electron chi connectivity index (χ1n) is 39.1. The first-order chi connectivity index (χ1) is 43.8. The zero-order valence-corrected chi connectivity index (χ0v) is 59.7. The van der Waals surface area contributed by atoms with Crippen molar-refractivity contribution in [1.29, 1.82) is 0 Å². The molecule has 0 amide bonds. The molecule has 0 aliphatic heterocycles. The number of carbonyl (C=O) groups is 6. The lowest BCUT2D eigenvalue weighted by Gasteiger charge is -2.61. The fraction of sp³-hybridized carbons (Fsp3) is 0.923. The van der Waals surface area contributed by atoms with E-state index in [0.29, 0.717) is 57.8 Å². The van der Waals surface area contributed by atoms with Crippen LogP contribution in [0.2, 0.25) is 0 Å². The molecule has 2 unspecified atom stereocenters. The summed E-state index contributed by atoms with van der Waals surface area (Å²) >= 11 is 0. The van der Waals surface area contributed by atoms with Crippen molar-refractivity contribution in [3.05, 3.63) is 0 Å².